The topological polar surface area (TPSA) is 108 Å². The van der Waals surface area contributed by atoms with Crippen LogP contribution in [0.5, 0.6) is 0 Å². The Hall–Kier alpha value is -1.91. The summed E-state index contributed by atoms with van der Waals surface area (Å²) < 4.78 is 27.3. The number of aromatic nitrogens is 3. The highest BCUT2D eigenvalue weighted by atomic mass is 32.2. The number of nitrogens with one attached hydrogen (secondary N) is 2. The van der Waals surface area contributed by atoms with Crippen LogP contribution in [0.25, 0.3) is 0 Å². The number of benzene rings is 1. The van der Waals surface area contributed by atoms with E-state index in [1.54, 1.807) is 28.6 Å². The fourth-order valence-corrected chi connectivity index (χ4v) is 6.30. The van der Waals surface area contributed by atoms with Crippen LogP contribution >= 0.6 is 11.8 Å². The first kappa shape index (κ1) is 22.3. The fraction of sp³-hybridized carbons (Fsp3) is 0.571. The number of carbonyl (C=O) groups is 1. The van der Waals surface area contributed by atoms with Gasteiger partial charge in [0, 0.05) is 24.7 Å². The first-order valence-electron chi connectivity index (χ1n) is 11.0. The fourth-order valence-electron chi connectivity index (χ4n) is 4.17. The molecule has 4 rings (SSSR count). The van der Waals surface area contributed by atoms with Gasteiger partial charge in [-0.25, -0.2) is 13.4 Å². The largest absolute Gasteiger partial charge is 0.325 e. The quantitative estimate of drug-likeness (QED) is 0.606. The van der Waals surface area contributed by atoms with E-state index in [1.165, 1.54) is 24.6 Å². The molecule has 0 atom stereocenters. The Morgan fingerprint density at radius 1 is 1.06 bits per heavy atom. The Morgan fingerprint density at radius 3 is 2.42 bits per heavy atom. The monoisotopic (exact) mass is 463 g/mol. The van der Waals surface area contributed by atoms with Crippen molar-refractivity contribution in [2.75, 3.05) is 24.2 Å². The van der Waals surface area contributed by atoms with E-state index in [4.69, 9.17) is 0 Å². The summed E-state index contributed by atoms with van der Waals surface area (Å²) in [5.74, 6) is 1.39. The molecule has 8 nitrogen and oxygen atoms in total. The van der Waals surface area contributed by atoms with Crippen molar-refractivity contribution in [3.05, 3.63) is 30.1 Å². The zero-order valence-corrected chi connectivity index (χ0v) is 19.2. The molecule has 2 fully saturated rings. The van der Waals surface area contributed by atoms with Gasteiger partial charge in [-0.15, -0.1) is 5.10 Å². The van der Waals surface area contributed by atoms with Crippen molar-refractivity contribution in [3.63, 3.8) is 0 Å². The lowest BCUT2D eigenvalue weighted by molar-refractivity contribution is -0.113. The molecule has 1 aliphatic carbocycles. The van der Waals surface area contributed by atoms with E-state index in [9.17, 15) is 13.2 Å². The summed E-state index contributed by atoms with van der Waals surface area (Å²) in [6, 6.07) is 6.40. The normalized spacial score (nSPS) is 18.7. The molecule has 168 valence electrons. The van der Waals surface area contributed by atoms with Crippen molar-refractivity contribution < 1.29 is 13.2 Å². The molecule has 2 N–H and O–H groups in total. The summed E-state index contributed by atoms with van der Waals surface area (Å²) in [7, 11) is -3.49. The van der Waals surface area contributed by atoms with Crippen LogP contribution in [0.2, 0.25) is 0 Å². The first-order chi connectivity index (χ1) is 15.0. The summed E-state index contributed by atoms with van der Waals surface area (Å²) in [6.45, 7) is 1.14. The van der Waals surface area contributed by atoms with Crippen LogP contribution in [0.4, 0.5) is 5.69 Å². The molecule has 1 amide bonds. The lowest BCUT2D eigenvalue weighted by Gasteiger charge is -2.20. The van der Waals surface area contributed by atoms with E-state index in [-0.39, 0.29) is 16.6 Å². The number of aromatic amines is 1. The minimum absolute atomic E-state index is 0.180. The van der Waals surface area contributed by atoms with Gasteiger partial charge in [0.15, 0.2) is 0 Å². The van der Waals surface area contributed by atoms with Gasteiger partial charge in [-0.3, -0.25) is 9.89 Å². The van der Waals surface area contributed by atoms with Crippen LogP contribution < -0.4 is 5.32 Å². The number of thioether (sulfide) groups is 1. The standard InChI is InChI=1S/C21H29N5O3S2/c27-19(15-30-21-23-20(24-25-21)16-7-3-4-8-16)22-17-9-11-18(12-10-17)31(28,29)26-13-5-1-2-6-14-26/h9-12,16H,1-8,13-15H2,(H,22,27)(H,23,24,25). The number of sulfonamides is 1. The lowest BCUT2D eigenvalue weighted by Crippen LogP contribution is -2.31. The van der Waals surface area contributed by atoms with E-state index < -0.39 is 10.0 Å². The van der Waals surface area contributed by atoms with Crippen LogP contribution in [0, 0.1) is 0 Å². The van der Waals surface area contributed by atoms with Gasteiger partial charge in [0.1, 0.15) is 5.82 Å². The third-order valence-electron chi connectivity index (χ3n) is 5.90. The van der Waals surface area contributed by atoms with Crippen molar-refractivity contribution in [2.45, 2.75) is 67.3 Å². The van der Waals surface area contributed by atoms with E-state index in [0.717, 1.165) is 44.3 Å². The molecule has 0 spiro atoms. The lowest BCUT2D eigenvalue weighted by atomic mass is 10.1. The summed E-state index contributed by atoms with van der Waals surface area (Å²) in [4.78, 5) is 17.1. The van der Waals surface area contributed by atoms with Crippen molar-refractivity contribution in [3.8, 4) is 0 Å². The molecular weight excluding hydrogens is 434 g/mol. The molecule has 2 aromatic rings. The summed E-state index contributed by atoms with van der Waals surface area (Å²) in [6.07, 6.45) is 8.70. The van der Waals surface area contributed by atoms with Crippen LogP contribution in [0.3, 0.4) is 0 Å². The Bertz CT molecular complexity index is 977. The van der Waals surface area contributed by atoms with E-state index in [1.807, 2.05) is 0 Å². The summed E-state index contributed by atoms with van der Waals surface area (Å²) in [5.41, 5.74) is 0.571. The zero-order chi connectivity index (χ0) is 21.7. The van der Waals surface area contributed by atoms with Gasteiger partial charge in [-0.05, 0) is 49.9 Å². The highest BCUT2D eigenvalue weighted by Gasteiger charge is 2.25. The maximum absolute atomic E-state index is 12.8. The van der Waals surface area contributed by atoms with Gasteiger partial charge < -0.3 is 5.32 Å². The van der Waals surface area contributed by atoms with E-state index in [2.05, 4.69) is 20.5 Å². The highest BCUT2D eigenvalue weighted by Crippen LogP contribution is 2.32. The van der Waals surface area contributed by atoms with Crippen molar-refractivity contribution in [1.29, 1.82) is 0 Å². The summed E-state index contributed by atoms with van der Waals surface area (Å²) >= 11 is 1.29. The van der Waals surface area contributed by atoms with Gasteiger partial charge in [0.25, 0.3) is 0 Å². The molecule has 0 bridgehead atoms. The summed E-state index contributed by atoms with van der Waals surface area (Å²) in [5, 5.41) is 10.6. The maximum atomic E-state index is 12.8. The van der Waals surface area contributed by atoms with Crippen molar-refractivity contribution in [2.24, 2.45) is 0 Å². The van der Waals surface area contributed by atoms with Crippen LogP contribution in [0.15, 0.2) is 34.3 Å². The van der Waals surface area contributed by atoms with Crippen LogP contribution in [-0.2, 0) is 14.8 Å². The molecular formula is C21H29N5O3S2. The molecule has 1 saturated carbocycles. The Kier molecular flexibility index (Phi) is 7.29. The molecule has 31 heavy (non-hydrogen) atoms. The number of rotatable bonds is 7. The van der Waals surface area contributed by atoms with E-state index in [0.29, 0.717) is 29.9 Å². The molecule has 2 heterocycles. The predicted octanol–water partition coefficient (Wildman–Crippen LogP) is 3.76. The number of carbonyl (C=O) groups excluding carboxylic acids is 1. The molecule has 1 aliphatic heterocycles. The average molecular weight is 464 g/mol. The van der Waals surface area contributed by atoms with Crippen molar-refractivity contribution >= 4 is 33.4 Å². The van der Waals surface area contributed by atoms with E-state index >= 15 is 0 Å². The van der Waals surface area contributed by atoms with Gasteiger partial charge in [-0.2, -0.15) is 4.31 Å². The molecule has 2 aliphatic rings. The van der Waals surface area contributed by atoms with Crippen molar-refractivity contribution in [1.82, 2.24) is 19.5 Å². The smallest absolute Gasteiger partial charge is 0.243 e. The molecule has 10 heteroatoms. The minimum atomic E-state index is -3.49. The Balaban J connectivity index is 1.29. The second-order valence-corrected chi connectivity index (χ2v) is 11.0. The van der Waals surface area contributed by atoms with Gasteiger partial charge >= 0.3 is 0 Å². The molecule has 0 radical (unpaired) electrons. The number of hydrogen-bond acceptors (Lipinski definition) is 6. The molecule has 1 aromatic heterocycles. The number of anilines is 1. The predicted molar refractivity (Wildman–Crippen MR) is 121 cm³/mol. The number of nitrogens with zero attached hydrogens (tertiary/aromatic N) is 3. The second-order valence-electron chi connectivity index (χ2n) is 8.16. The van der Waals surface area contributed by atoms with Crippen LogP contribution in [0.1, 0.15) is 63.1 Å². The maximum Gasteiger partial charge on any atom is 0.243 e. The highest BCUT2D eigenvalue weighted by molar-refractivity contribution is 7.99. The third-order valence-corrected chi connectivity index (χ3v) is 8.66. The SMILES string of the molecule is O=C(CSc1n[nH]c(C2CCCC2)n1)Nc1ccc(S(=O)(=O)N2CCCCCC2)cc1. The number of amides is 1. The van der Waals surface area contributed by atoms with Crippen LogP contribution in [-0.4, -0.2) is 52.7 Å². The van der Waals surface area contributed by atoms with Gasteiger partial charge in [0.05, 0.1) is 10.6 Å². The molecule has 1 aromatic carbocycles. The Labute approximate surface area is 187 Å². The van der Waals surface area contributed by atoms with Gasteiger partial charge in [-0.1, -0.05) is 37.4 Å². The second kappa shape index (κ2) is 10.1. The van der Waals surface area contributed by atoms with Gasteiger partial charge in [0.2, 0.25) is 21.1 Å². The zero-order valence-electron chi connectivity index (χ0n) is 17.5. The molecule has 0 unspecified atom stereocenters. The Morgan fingerprint density at radius 2 is 1.74 bits per heavy atom. The average Bonchev–Trinajstić information content (AvgIpc) is 3.39. The molecule has 1 saturated heterocycles. The minimum Gasteiger partial charge on any atom is -0.325 e. The number of H-pyrrole nitrogens is 1. The first-order valence-corrected chi connectivity index (χ1v) is 13.4. The third kappa shape index (κ3) is 5.67. The number of hydrogen-bond donors (Lipinski definition) is 2.